The molecule has 0 unspecified atom stereocenters. The van der Waals surface area contributed by atoms with Gasteiger partial charge in [0.25, 0.3) is 0 Å². The molecule has 0 bridgehead atoms. The van der Waals surface area contributed by atoms with Crippen LogP contribution in [0.3, 0.4) is 0 Å². The van der Waals surface area contributed by atoms with Crippen molar-refractivity contribution in [3.05, 3.63) is 36.0 Å². The van der Waals surface area contributed by atoms with E-state index in [0.29, 0.717) is 38.7 Å². The molecule has 1 amide bonds. The zero-order valence-corrected chi connectivity index (χ0v) is 17.1. The quantitative estimate of drug-likeness (QED) is 0.481. The number of aromatic nitrogens is 1. The highest BCUT2D eigenvalue weighted by molar-refractivity contribution is 5.83. The summed E-state index contributed by atoms with van der Waals surface area (Å²) in [4.78, 5) is 23.7. The number of fused-ring (bicyclic) bond motifs is 1. The normalized spacial score (nSPS) is 15.9. The number of aliphatic imine (C=N–C) groups is 1. The first kappa shape index (κ1) is 20.0. The molecule has 7 nitrogen and oxygen atoms in total. The molecule has 0 spiro atoms. The van der Waals surface area contributed by atoms with Gasteiger partial charge in [-0.2, -0.15) is 0 Å². The first-order chi connectivity index (χ1) is 13.3. The highest BCUT2D eigenvalue weighted by Crippen LogP contribution is 2.19. The van der Waals surface area contributed by atoms with Crippen molar-refractivity contribution >= 4 is 23.0 Å². The lowest BCUT2D eigenvalue weighted by Crippen LogP contribution is -2.53. The lowest BCUT2D eigenvalue weighted by atomic mass is 10.1. The van der Waals surface area contributed by atoms with Gasteiger partial charge >= 0.3 is 6.09 Å². The van der Waals surface area contributed by atoms with Crippen LogP contribution in [0.15, 0.2) is 35.5 Å². The van der Waals surface area contributed by atoms with Crippen LogP contribution in [0.2, 0.25) is 0 Å². The van der Waals surface area contributed by atoms with Crippen molar-refractivity contribution in [2.45, 2.75) is 39.2 Å². The van der Waals surface area contributed by atoms with Gasteiger partial charge in [0, 0.05) is 49.8 Å². The summed E-state index contributed by atoms with van der Waals surface area (Å²) in [6.07, 6.45) is 3.72. The molecule has 152 valence electrons. The second kappa shape index (κ2) is 8.54. The van der Waals surface area contributed by atoms with Crippen molar-refractivity contribution in [3.8, 4) is 0 Å². The third-order valence-corrected chi connectivity index (χ3v) is 4.81. The fraction of sp³-hybridized carbons (Fsp3) is 0.524. The van der Waals surface area contributed by atoms with E-state index in [0.717, 1.165) is 12.8 Å². The Kier molecular flexibility index (Phi) is 6.11. The first-order valence-corrected chi connectivity index (χ1v) is 9.91. The zero-order valence-electron chi connectivity index (χ0n) is 17.1. The van der Waals surface area contributed by atoms with Crippen molar-refractivity contribution < 1.29 is 9.53 Å². The van der Waals surface area contributed by atoms with E-state index in [1.165, 1.54) is 16.5 Å². The Bertz CT molecular complexity index is 829. The van der Waals surface area contributed by atoms with Gasteiger partial charge in [0.1, 0.15) is 5.60 Å². The van der Waals surface area contributed by atoms with Crippen LogP contribution in [0.1, 0.15) is 32.8 Å². The van der Waals surface area contributed by atoms with Crippen molar-refractivity contribution in [3.63, 3.8) is 0 Å². The van der Waals surface area contributed by atoms with Gasteiger partial charge in [0.05, 0.1) is 0 Å². The second-order valence-corrected chi connectivity index (χ2v) is 8.16. The molecule has 1 saturated heterocycles. The molecule has 0 atom stereocenters. The second-order valence-electron chi connectivity index (χ2n) is 8.16. The SMILES string of the molecule is CC(C)(C)OC(=O)N1CCN(C(N)=NCCCc2c[nH]c3ccccc23)CC1. The van der Waals surface area contributed by atoms with E-state index < -0.39 is 5.60 Å². The van der Waals surface area contributed by atoms with Gasteiger partial charge in [0.2, 0.25) is 0 Å². The maximum Gasteiger partial charge on any atom is 0.410 e. The number of H-pyrrole nitrogens is 1. The minimum absolute atomic E-state index is 0.263. The number of hydrogen-bond acceptors (Lipinski definition) is 3. The van der Waals surface area contributed by atoms with Crippen LogP contribution in [0, 0.1) is 0 Å². The van der Waals surface area contributed by atoms with Gasteiger partial charge < -0.3 is 25.3 Å². The molecular formula is C21H31N5O2. The Morgan fingerprint density at radius 2 is 1.86 bits per heavy atom. The van der Waals surface area contributed by atoms with E-state index >= 15 is 0 Å². The third kappa shape index (κ3) is 5.18. The zero-order chi connectivity index (χ0) is 20.1. The summed E-state index contributed by atoms with van der Waals surface area (Å²) in [6.45, 7) is 8.87. The highest BCUT2D eigenvalue weighted by Gasteiger charge is 2.26. The molecule has 3 rings (SSSR count). The maximum atomic E-state index is 12.1. The Hall–Kier alpha value is -2.70. The van der Waals surface area contributed by atoms with Crippen LogP contribution in [0.25, 0.3) is 10.9 Å². The number of ether oxygens (including phenoxy) is 1. The minimum atomic E-state index is -0.473. The van der Waals surface area contributed by atoms with E-state index in [1.807, 2.05) is 31.7 Å². The molecule has 28 heavy (non-hydrogen) atoms. The van der Waals surface area contributed by atoms with Crippen LogP contribution in [0.4, 0.5) is 4.79 Å². The number of aryl methyl sites for hydroxylation is 1. The molecule has 0 radical (unpaired) electrons. The molecule has 1 aliphatic rings. The van der Waals surface area contributed by atoms with Gasteiger partial charge in [-0.15, -0.1) is 0 Å². The Morgan fingerprint density at radius 1 is 1.18 bits per heavy atom. The van der Waals surface area contributed by atoms with E-state index in [-0.39, 0.29) is 6.09 Å². The van der Waals surface area contributed by atoms with E-state index in [4.69, 9.17) is 10.5 Å². The molecule has 1 aromatic carbocycles. The summed E-state index contributed by atoms with van der Waals surface area (Å²) in [5.41, 5.74) is 8.17. The van der Waals surface area contributed by atoms with Gasteiger partial charge in [-0.3, -0.25) is 4.99 Å². The molecule has 2 aromatic rings. The fourth-order valence-corrected chi connectivity index (χ4v) is 3.35. The number of carbonyl (C=O) groups is 1. The molecule has 2 heterocycles. The smallest absolute Gasteiger partial charge is 0.410 e. The topological polar surface area (TPSA) is 86.9 Å². The molecule has 3 N–H and O–H groups in total. The Labute approximate surface area is 166 Å². The summed E-state index contributed by atoms with van der Waals surface area (Å²) in [6, 6.07) is 8.33. The monoisotopic (exact) mass is 385 g/mol. The lowest BCUT2D eigenvalue weighted by molar-refractivity contribution is 0.0186. The van der Waals surface area contributed by atoms with Gasteiger partial charge in [-0.1, -0.05) is 18.2 Å². The number of nitrogens with zero attached hydrogens (tertiary/aromatic N) is 3. The maximum absolute atomic E-state index is 12.1. The number of benzene rings is 1. The number of carbonyl (C=O) groups excluding carboxylic acids is 1. The number of hydrogen-bond donors (Lipinski definition) is 2. The Balaban J connectivity index is 1.43. The summed E-state index contributed by atoms with van der Waals surface area (Å²) in [7, 11) is 0. The molecule has 0 aliphatic carbocycles. The van der Waals surface area contributed by atoms with Crippen LogP contribution < -0.4 is 5.73 Å². The number of aromatic amines is 1. The van der Waals surface area contributed by atoms with Crippen LogP contribution in [0.5, 0.6) is 0 Å². The molecule has 7 heteroatoms. The molecule has 1 aliphatic heterocycles. The van der Waals surface area contributed by atoms with E-state index in [9.17, 15) is 4.79 Å². The van der Waals surface area contributed by atoms with E-state index in [2.05, 4.69) is 34.4 Å². The van der Waals surface area contributed by atoms with Crippen molar-refractivity contribution in [1.82, 2.24) is 14.8 Å². The van der Waals surface area contributed by atoms with Crippen molar-refractivity contribution in [1.29, 1.82) is 0 Å². The standard InChI is InChI=1S/C21H31N5O2/c1-21(2,3)28-20(27)26-13-11-25(12-14-26)19(22)23-10-6-7-16-15-24-18-9-5-4-8-17(16)18/h4-5,8-9,15,24H,6-7,10-14H2,1-3H3,(H2,22,23). The van der Waals surface area contributed by atoms with Gasteiger partial charge in [-0.05, 0) is 45.2 Å². The van der Waals surface area contributed by atoms with Crippen LogP contribution >= 0.6 is 0 Å². The summed E-state index contributed by atoms with van der Waals surface area (Å²) in [5, 5.41) is 1.28. The molecule has 1 aromatic heterocycles. The average molecular weight is 386 g/mol. The minimum Gasteiger partial charge on any atom is -0.444 e. The molecular weight excluding hydrogens is 354 g/mol. The average Bonchev–Trinajstić information content (AvgIpc) is 3.07. The third-order valence-electron chi connectivity index (χ3n) is 4.81. The number of rotatable bonds is 4. The van der Waals surface area contributed by atoms with Gasteiger partial charge in [0.15, 0.2) is 5.96 Å². The number of nitrogens with two attached hydrogens (primary N) is 1. The lowest BCUT2D eigenvalue weighted by Gasteiger charge is -2.36. The highest BCUT2D eigenvalue weighted by atomic mass is 16.6. The number of guanidine groups is 1. The summed E-state index contributed by atoms with van der Waals surface area (Å²) < 4.78 is 5.42. The van der Waals surface area contributed by atoms with Crippen LogP contribution in [-0.2, 0) is 11.2 Å². The van der Waals surface area contributed by atoms with Gasteiger partial charge in [-0.25, -0.2) is 4.79 Å². The Morgan fingerprint density at radius 3 is 2.57 bits per heavy atom. The van der Waals surface area contributed by atoms with E-state index in [1.54, 1.807) is 4.90 Å². The predicted molar refractivity (Wildman–Crippen MR) is 112 cm³/mol. The summed E-state index contributed by atoms with van der Waals surface area (Å²) in [5.74, 6) is 0.558. The largest absolute Gasteiger partial charge is 0.444 e. The number of nitrogens with one attached hydrogen (secondary N) is 1. The fourth-order valence-electron chi connectivity index (χ4n) is 3.35. The number of para-hydroxylation sites is 1. The number of amides is 1. The van der Waals surface area contributed by atoms with Crippen LogP contribution in [-0.4, -0.2) is 65.2 Å². The molecule has 0 saturated carbocycles. The number of piperazine rings is 1. The van der Waals surface area contributed by atoms with Crippen molar-refractivity contribution in [2.24, 2.45) is 10.7 Å². The summed E-state index contributed by atoms with van der Waals surface area (Å²) >= 11 is 0. The van der Waals surface area contributed by atoms with Crippen molar-refractivity contribution in [2.75, 3.05) is 32.7 Å². The first-order valence-electron chi connectivity index (χ1n) is 9.91. The molecule has 1 fully saturated rings. The predicted octanol–water partition coefficient (Wildman–Crippen LogP) is 2.97.